The molecule has 0 aromatic heterocycles. The lowest BCUT2D eigenvalue weighted by Crippen LogP contribution is -2.61. The number of nitrogens with one attached hydrogen (secondary N) is 1. The Labute approximate surface area is 176 Å². The van der Waals surface area contributed by atoms with E-state index in [-0.39, 0.29) is 34.5 Å². The summed E-state index contributed by atoms with van der Waals surface area (Å²) in [4.78, 5) is 28.6. The number of amides is 1. The third-order valence-corrected chi connectivity index (χ3v) is 6.07. The first kappa shape index (κ1) is 20.2. The molecule has 0 saturated carbocycles. The first-order chi connectivity index (χ1) is 14.3. The summed E-state index contributed by atoms with van der Waals surface area (Å²) in [7, 11) is 0. The van der Waals surface area contributed by atoms with Crippen molar-refractivity contribution in [3.05, 3.63) is 63.7 Å². The Hall–Kier alpha value is -3.09. The van der Waals surface area contributed by atoms with Crippen LogP contribution in [0.3, 0.4) is 0 Å². The van der Waals surface area contributed by atoms with Crippen LogP contribution in [0.1, 0.15) is 25.0 Å². The van der Waals surface area contributed by atoms with Crippen molar-refractivity contribution in [1.29, 1.82) is 0 Å². The number of piperazine rings is 1. The molecule has 1 N–H and O–H groups in total. The normalized spacial score (nSPS) is 20.5. The predicted molar refractivity (Wildman–Crippen MR) is 118 cm³/mol. The summed E-state index contributed by atoms with van der Waals surface area (Å²) in [6.07, 6.45) is 0.512. The van der Waals surface area contributed by atoms with Crippen LogP contribution in [-0.2, 0) is 11.2 Å². The molecular weight excluding hydrogens is 380 g/mol. The van der Waals surface area contributed by atoms with Crippen LogP contribution < -0.4 is 15.1 Å². The Bertz CT molecular complexity index is 957. The number of benzene rings is 2. The molecule has 0 bridgehead atoms. The van der Waals surface area contributed by atoms with E-state index in [1.54, 1.807) is 12.1 Å². The highest BCUT2D eigenvalue weighted by Crippen LogP contribution is 2.38. The first-order valence-electron chi connectivity index (χ1n) is 10.5. The van der Waals surface area contributed by atoms with Crippen molar-refractivity contribution in [1.82, 2.24) is 5.32 Å². The van der Waals surface area contributed by atoms with Crippen molar-refractivity contribution in [2.75, 3.05) is 29.4 Å². The number of rotatable bonds is 4. The zero-order valence-electron chi connectivity index (χ0n) is 17.7. The molecule has 0 radical (unpaired) electrons. The van der Waals surface area contributed by atoms with Gasteiger partial charge in [0.2, 0.25) is 5.91 Å². The molecule has 0 unspecified atom stereocenters. The molecule has 2 aliphatic rings. The van der Waals surface area contributed by atoms with Crippen LogP contribution in [-0.4, -0.2) is 42.5 Å². The largest absolute Gasteiger partial charge is 0.368 e. The van der Waals surface area contributed by atoms with E-state index in [0.29, 0.717) is 6.42 Å². The van der Waals surface area contributed by atoms with Crippen LogP contribution >= 0.6 is 0 Å². The minimum absolute atomic E-state index is 0.0166. The quantitative estimate of drug-likeness (QED) is 0.620. The zero-order valence-corrected chi connectivity index (χ0v) is 17.7. The number of hydrogen-bond acceptors (Lipinski definition) is 5. The number of nitro groups is 1. The van der Waals surface area contributed by atoms with E-state index in [9.17, 15) is 14.9 Å². The standard InChI is InChI=1S/C23H28N4O3/c1-15(2)24-23(28)20-13-17-12-19(27(29)30)8-9-21(17)26-11-10-25(14-22(20)26)18-6-4-16(3)5-7-18/h4-9,12,15,20,22H,10-11,13-14H2,1-3H3,(H,24,28)/t20-,22+/m0/s1. The van der Waals surface area contributed by atoms with Crippen LogP contribution in [0, 0.1) is 23.0 Å². The molecule has 0 aliphatic carbocycles. The van der Waals surface area contributed by atoms with E-state index in [1.165, 1.54) is 5.56 Å². The molecule has 1 saturated heterocycles. The van der Waals surface area contributed by atoms with E-state index in [2.05, 4.69) is 46.3 Å². The fourth-order valence-corrected chi connectivity index (χ4v) is 4.60. The Balaban J connectivity index is 1.68. The summed E-state index contributed by atoms with van der Waals surface area (Å²) >= 11 is 0. The Morgan fingerprint density at radius 2 is 1.90 bits per heavy atom. The number of hydrogen-bond donors (Lipinski definition) is 1. The predicted octanol–water partition coefficient (Wildman–Crippen LogP) is 3.30. The number of non-ortho nitro benzene ring substituents is 1. The number of carbonyl (C=O) groups is 1. The monoisotopic (exact) mass is 408 g/mol. The highest BCUT2D eigenvalue weighted by molar-refractivity contribution is 5.82. The average molecular weight is 409 g/mol. The molecule has 0 spiro atoms. The van der Waals surface area contributed by atoms with Crippen LogP contribution in [0.4, 0.5) is 17.1 Å². The van der Waals surface area contributed by atoms with Gasteiger partial charge in [-0.25, -0.2) is 0 Å². The lowest BCUT2D eigenvalue weighted by Gasteiger charge is -2.49. The molecule has 1 fully saturated rings. The van der Waals surface area contributed by atoms with Gasteiger partial charge in [-0.05, 0) is 51.0 Å². The molecule has 2 aliphatic heterocycles. The van der Waals surface area contributed by atoms with Gasteiger partial charge in [-0.15, -0.1) is 0 Å². The summed E-state index contributed by atoms with van der Waals surface area (Å²) in [5.74, 6) is -0.238. The maximum atomic E-state index is 13.1. The second-order valence-corrected chi connectivity index (χ2v) is 8.59. The summed E-state index contributed by atoms with van der Waals surface area (Å²) in [6.45, 7) is 8.35. The third kappa shape index (κ3) is 3.84. The third-order valence-electron chi connectivity index (χ3n) is 6.07. The lowest BCUT2D eigenvalue weighted by molar-refractivity contribution is -0.384. The molecule has 30 heavy (non-hydrogen) atoms. The molecule has 7 nitrogen and oxygen atoms in total. The van der Waals surface area contributed by atoms with E-state index in [4.69, 9.17) is 0 Å². The Morgan fingerprint density at radius 3 is 2.57 bits per heavy atom. The van der Waals surface area contributed by atoms with Crippen molar-refractivity contribution in [2.45, 2.75) is 39.3 Å². The van der Waals surface area contributed by atoms with Crippen molar-refractivity contribution in [3.63, 3.8) is 0 Å². The molecular formula is C23H28N4O3. The fourth-order valence-electron chi connectivity index (χ4n) is 4.60. The van der Waals surface area contributed by atoms with Crippen LogP contribution in [0.2, 0.25) is 0 Å². The second kappa shape index (κ2) is 7.97. The highest BCUT2D eigenvalue weighted by Gasteiger charge is 2.42. The zero-order chi connectivity index (χ0) is 21.4. The van der Waals surface area contributed by atoms with Crippen molar-refractivity contribution < 1.29 is 9.72 Å². The summed E-state index contributed by atoms with van der Waals surface area (Å²) in [5, 5.41) is 14.3. The van der Waals surface area contributed by atoms with Crippen LogP contribution in [0.15, 0.2) is 42.5 Å². The minimum Gasteiger partial charge on any atom is -0.368 e. The topological polar surface area (TPSA) is 78.7 Å². The van der Waals surface area contributed by atoms with Gasteiger partial charge in [0, 0.05) is 49.2 Å². The van der Waals surface area contributed by atoms with Gasteiger partial charge in [0.15, 0.2) is 0 Å². The lowest BCUT2D eigenvalue weighted by atomic mass is 9.83. The fraction of sp³-hybridized carbons (Fsp3) is 0.435. The van der Waals surface area contributed by atoms with Gasteiger partial charge in [-0.2, -0.15) is 0 Å². The van der Waals surface area contributed by atoms with Crippen LogP contribution in [0.5, 0.6) is 0 Å². The second-order valence-electron chi connectivity index (χ2n) is 8.59. The van der Waals surface area contributed by atoms with Gasteiger partial charge in [-0.1, -0.05) is 17.7 Å². The van der Waals surface area contributed by atoms with Gasteiger partial charge in [-0.3, -0.25) is 14.9 Å². The number of nitrogens with zero attached hydrogens (tertiary/aromatic N) is 3. The number of aryl methyl sites for hydroxylation is 1. The SMILES string of the molecule is Cc1ccc(N2CCN3c4ccc([N+](=O)[O-])cc4C[C@H](C(=O)NC(C)C)[C@H]3C2)cc1. The van der Waals surface area contributed by atoms with Crippen molar-refractivity contribution in [3.8, 4) is 0 Å². The van der Waals surface area contributed by atoms with Gasteiger partial charge in [0.05, 0.1) is 16.9 Å². The molecule has 2 atom stereocenters. The molecule has 2 aromatic carbocycles. The maximum Gasteiger partial charge on any atom is 0.269 e. The van der Waals surface area contributed by atoms with E-state index in [1.807, 2.05) is 19.9 Å². The molecule has 158 valence electrons. The number of carbonyl (C=O) groups excluding carboxylic acids is 1. The molecule has 2 heterocycles. The average Bonchev–Trinajstić information content (AvgIpc) is 2.72. The van der Waals surface area contributed by atoms with E-state index in [0.717, 1.165) is 36.6 Å². The molecule has 7 heteroatoms. The maximum absolute atomic E-state index is 13.1. The number of nitro benzene ring substituents is 1. The van der Waals surface area contributed by atoms with Gasteiger partial charge < -0.3 is 15.1 Å². The minimum atomic E-state index is -0.370. The highest BCUT2D eigenvalue weighted by atomic mass is 16.6. The molecule has 1 amide bonds. The number of anilines is 2. The van der Waals surface area contributed by atoms with Gasteiger partial charge in [0.1, 0.15) is 0 Å². The van der Waals surface area contributed by atoms with Gasteiger partial charge >= 0.3 is 0 Å². The van der Waals surface area contributed by atoms with Crippen molar-refractivity contribution in [2.24, 2.45) is 5.92 Å². The molecule has 4 rings (SSSR count). The van der Waals surface area contributed by atoms with Crippen molar-refractivity contribution >= 4 is 23.0 Å². The van der Waals surface area contributed by atoms with E-state index < -0.39 is 0 Å². The molecule has 2 aromatic rings. The van der Waals surface area contributed by atoms with Gasteiger partial charge in [0.25, 0.3) is 5.69 Å². The Kier molecular flexibility index (Phi) is 5.37. The summed E-state index contributed by atoms with van der Waals surface area (Å²) in [6, 6.07) is 13.6. The van der Waals surface area contributed by atoms with Crippen LogP contribution in [0.25, 0.3) is 0 Å². The summed E-state index contributed by atoms with van der Waals surface area (Å²) < 4.78 is 0. The number of fused-ring (bicyclic) bond motifs is 3. The summed E-state index contributed by atoms with van der Waals surface area (Å²) in [5.41, 5.74) is 4.36. The smallest absolute Gasteiger partial charge is 0.269 e. The first-order valence-corrected chi connectivity index (χ1v) is 10.5. The van der Waals surface area contributed by atoms with E-state index >= 15 is 0 Å². The Morgan fingerprint density at radius 1 is 1.17 bits per heavy atom.